The Bertz CT molecular complexity index is 589. The molecule has 6 nitrogen and oxygen atoms in total. The van der Waals surface area contributed by atoms with Crippen LogP contribution < -0.4 is 25.5 Å². The highest BCUT2D eigenvalue weighted by Gasteiger charge is 2.13. The van der Waals surface area contributed by atoms with Gasteiger partial charge in [0.25, 0.3) is 0 Å². The highest BCUT2D eigenvalue weighted by atomic mass is 16.7. The third kappa shape index (κ3) is 2.53. The van der Waals surface area contributed by atoms with Gasteiger partial charge < -0.3 is 19.6 Å². The SMILES string of the molecule is NNc1cccc(COc2ccc3c(c2)OCO3)n1. The molecule has 98 valence electrons. The Kier molecular flexibility index (Phi) is 3.07. The van der Waals surface area contributed by atoms with Crippen molar-refractivity contribution in [1.82, 2.24) is 4.98 Å². The first-order chi connectivity index (χ1) is 9.35. The molecular formula is C13H13N3O3. The molecule has 0 amide bonds. The molecule has 3 N–H and O–H groups in total. The van der Waals surface area contributed by atoms with Crippen LogP contribution in [0.5, 0.6) is 17.2 Å². The van der Waals surface area contributed by atoms with Crippen LogP contribution in [-0.4, -0.2) is 11.8 Å². The van der Waals surface area contributed by atoms with Crippen molar-refractivity contribution in [2.75, 3.05) is 12.2 Å². The Labute approximate surface area is 110 Å². The molecule has 0 atom stereocenters. The van der Waals surface area contributed by atoms with Crippen molar-refractivity contribution in [3.63, 3.8) is 0 Å². The lowest BCUT2D eigenvalue weighted by atomic mass is 10.3. The Morgan fingerprint density at radius 3 is 3.00 bits per heavy atom. The summed E-state index contributed by atoms with van der Waals surface area (Å²) in [6, 6.07) is 11.0. The number of nitrogens with zero attached hydrogens (tertiary/aromatic N) is 1. The zero-order chi connectivity index (χ0) is 13.1. The van der Waals surface area contributed by atoms with Crippen molar-refractivity contribution in [2.45, 2.75) is 6.61 Å². The number of nitrogen functional groups attached to an aromatic ring is 1. The van der Waals surface area contributed by atoms with Gasteiger partial charge in [0, 0.05) is 6.07 Å². The Morgan fingerprint density at radius 2 is 2.11 bits per heavy atom. The fourth-order valence-corrected chi connectivity index (χ4v) is 1.76. The fourth-order valence-electron chi connectivity index (χ4n) is 1.76. The van der Waals surface area contributed by atoms with Gasteiger partial charge in [-0.25, -0.2) is 10.8 Å². The Morgan fingerprint density at radius 1 is 1.21 bits per heavy atom. The molecule has 0 radical (unpaired) electrons. The van der Waals surface area contributed by atoms with Crippen molar-refractivity contribution >= 4 is 5.82 Å². The number of nitrogens with one attached hydrogen (secondary N) is 1. The summed E-state index contributed by atoms with van der Waals surface area (Å²) in [6.45, 7) is 0.611. The van der Waals surface area contributed by atoms with Gasteiger partial charge in [0.05, 0.1) is 5.69 Å². The van der Waals surface area contributed by atoms with Crippen LogP contribution >= 0.6 is 0 Å². The molecule has 3 rings (SSSR count). The molecule has 0 bridgehead atoms. The molecule has 1 aromatic carbocycles. The van der Waals surface area contributed by atoms with Gasteiger partial charge >= 0.3 is 0 Å². The van der Waals surface area contributed by atoms with Gasteiger partial charge in [0.1, 0.15) is 18.2 Å². The van der Waals surface area contributed by atoms with E-state index < -0.39 is 0 Å². The van der Waals surface area contributed by atoms with Gasteiger partial charge in [-0.05, 0) is 24.3 Å². The number of hydrogen-bond donors (Lipinski definition) is 2. The van der Waals surface area contributed by atoms with Crippen LogP contribution in [0.4, 0.5) is 5.82 Å². The van der Waals surface area contributed by atoms with Crippen LogP contribution in [0.25, 0.3) is 0 Å². The second-order valence-corrected chi connectivity index (χ2v) is 3.96. The quantitative estimate of drug-likeness (QED) is 0.642. The number of benzene rings is 1. The molecule has 1 aliphatic rings. The van der Waals surface area contributed by atoms with E-state index in [1.165, 1.54) is 0 Å². The average Bonchev–Trinajstić information content (AvgIpc) is 2.93. The van der Waals surface area contributed by atoms with Crippen LogP contribution in [0.1, 0.15) is 5.69 Å². The minimum absolute atomic E-state index is 0.255. The topological polar surface area (TPSA) is 78.6 Å². The number of hydrogen-bond acceptors (Lipinski definition) is 6. The summed E-state index contributed by atoms with van der Waals surface area (Å²) in [5.74, 6) is 8.05. The van der Waals surface area contributed by atoms with E-state index in [0.717, 1.165) is 11.4 Å². The summed E-state index contributed by atoms with van der Waals surface area (Å²) in [4.78, 5) is 4.26. The number of hydrazine groups is 1. The molecule has 1 aliphatic heterocycles. The molecule has 0 saturated carbocycles. The monoisotopic (exact) mass is 259 g/mol. The maximum absolute atomic E-state index is 5.65. The first-order valence-corrected chi connectivity index (χ1v) is 5.80. The molecule has 0 spiro atoms. The molecule has 1 aromatic heterocycles. The molecule has 6 heteroatoms. The van der Waals surface area contributed by atoms with Crippen LogP contribution in [0.15, 0.2) is 36.4 Å². The third-order valence-electron chi connectivity index (χ3n) is 2.69. The molecule has 0 saturated heterocycles. The van der Waals surface area contributed by atoms with Crippen molar-refractivity contribution in [2.24, 2.45) is 5.84 Å². The summed E-state index contributed by atoms with van der Waals surface area (Å²) in [5.41, 5.74) is 3.28. The van der Waals surface area contributed by atoms with Crippen molar-refractivity contribution in [1.29, 1.82) is 0 Å². The van der Waals surface area contributed by atoms with Gasteiger partial charge in [-0.1, -0.05) is 6.07 Å². The lowest BCUT2D eigenvalue weighted by Gasteiger charge is -2.07. The molecule has 0 fully saturated rings. The minimum atomic E-state index is 0.255. The van der Waals surface area contributed by atoms with Gasteiger partial charge in [-0.2, -0.15) is 0 Å². The Balaban J connectivity index is 1.68. The first-order valence-electron chi connectivity index (χ1n) is 5.80. The van der Waals surface area contributed by atoms with E-state index in [2.05, 4.69) is 10.4 Å². The average molecular weight is 259 g/mol. The second kappa shape index (κ2) is 5.03. The third-order valence-corrected chi connectivity index (χ3v) is 2.69. The maximum Gasteiger partial charge on any atom is 0.231 e. The summed E-state index contributed by atoms with van der Waals surface area (Å²) in [7, 11) is 0. The van der Waals surface area contributed by atoms with Crippen LogP contribution in [-0.2, 0) is 6.61 Å². The van der Waals surface area contributed by atoms with Crippen molar-refractivity contribution < 1.29 is 14.2 Å². The van der Waals surface area contributed by atoms with E-state index in [-0.39, 0.29) is 6.79 Å². The van der Waals surface area contributed by atoms with E-state index in [4.69, 9.17) is 20.1 Å². The molecule has 19 heavy (non-hydrogen) atoms. The normalized spacial score (nSPS) is 12.3. The summed E-state index contributed by atoms with van der Waals surface area (Å²) in [6.07, 6.45) is 0. The zero-order valence-corrected chi connectivity index (χ0v) is 10.1. The van der Waals surface area contributed by atoms with Gasteiger partial charge in [-0.3, -0.25) is 0 Å². The minimum Gasteiger partial charge on any atom is -0.487 e. The fraction of sp³-hybridized carbons (Fsp3) is 0.154. The van der Waals surface area contributed by atoms with Crippen LogP contribution in [0.3, 0.4) is 0 Å². The number of pyridine rings is 1. The number of nitrogens with two attached hydrogens (primary N) is 1. The Hall–Kier alpha value is -2.47. The lowest BCUT2D eigenvalue weighted by molar-refractivity contribution is 0.173. The smallest absolute Gasteiger partial charge is 0.231 e. The van der Waals surface area contributed by atoms with Crippen LogP contribution in [0, 0.1) is 0 Å². The molecule has 2 heterocycles. The summed E-state index contributed by atoms with van der Waals surface area (Å²) in [5, 5.41) is 0. The second-order valence-electron chi connectivity index (χ2n) is 3.96. The number of aromatic nitrogens is 1. The van der Waals surface area contributed by atoms with Gasteiger partial charge in [-0.15, -0.1) is 0 Å². The molecule has 0 aliphatic carbocycles. The zero-order valence-electron chi connectivity index (χ0n) is 10.1. The largest absolute Gasteiger partial charge is 0.487 e. The van der Waals surface area contributed by atoms with Crippen molar-refractivity contribution in [3.05, 3.63) is 42.1 Å². The van der Waals surface area contributed by atoms with Crippen LogP contribution in [0.2, 0.25) is 0 Å². The highest BCUT2D eigenvalue weighted by molar-refractivity contribution is 5.46. The van der Waals surface area contributed by atoms with Crippen molar-refractivity contribution in [3.8, 4) is 17.2 Å². The number of fused-ring (bicyclic) bond motifs is 1. The molecule has 2 aromatic rings. The summed E-state index contributed by atoms with van der Waals surface area (Å²) < 4.78 is 16.2. The number of rotatable bonds is 4. The maximum atomic E-state index is 5.65. The van der Waals surface area contributed by atoms with E-state index in [1.54, 1.807) is 12.1 Å². The van der Waals surface area contributed by atoms with E-state index in [1.807, 2.05) is 24.3 Å². The highest BCUT2D eigenvalue weighted by Crippen LogP contribution is 2.35. The van der Waals surface area contributed by atoms with E-state index in [9.17, 15) is 0 Å². The van der Waals surface area contributed by atoms with Gasteiger partial charge in [0.2, 0.25) is 6.79 Å². The van der Waals surface area contributed by atoms with E-state index in [0.29, 0.717) is 23.9 Å². The predicted molar refractivity (Wildman–Crippen MR) is 68.9 cm³/mol. The van der Waals surface area contributed by atoms with E-state index >= 15 is 0 Å². The number of anilines is 1. The molecule has 0 unspecified atom stereocenters. The standard InChI is InChI=1S/C13H13N3O3/c14-16-13-3-1-2-9(15-13)7-17-10-4-5-11-12(6-10)19-8-18-11/h1-6H,7-8,14H2,(H,15,16). The number of ether oxygens (including phenoxy) is 3. The predicted octanol–water partition coefficient (Wildman–Crippen LogP) is 1.67. The first kappa shape index (κ1) is 11.6. The van der Waals surface area contributed by atoms with Gasteiger partial charge in [0.15, 0.2) is 11.5 Å². The lowest BCUT2D eigenvalue weighted by Crippen LogP contribution is -2.09. The summed E-state index contributed by atoms with van der Waals surface area (Å²) >= 11 is 0. The molecular weight excluding hydrogens is 246 g/mol.